The topological polar surface area (TPSA) is 52.4 Å². The number of nitrogens with zero attached hydrogens (tertiary/aromatic N) is 1. The molecule has 0 aliphatic rings. The van der Waals surface area contributed by atoms with E-state index in [4.69, 9.17) is 0 Å². The molecule has 0 aromatic heterocycles. The highest BCUT2D eigenvalue weighted by molar-refractivity contribution is 4.73. The molecule has 0 N–H and O–H groups in total. The fourth-order valence-electron chi connectivity index (χ4n) is 0.179. The van der Waals surface area contributed by atoms with Crippen molar-refractivity contribution in [2.45, 2.75) is 13.0 Å². The Morgan fingerprint density at radius 3 is 2.62 bits per heavy atom. The summed E-state index contributed by atoms with van der Waals surface area (Å²) < 4.78 is 0. The smallest absolute Gasteiger partial charge is 0.295 e. The molecule has 0 aromatic carbocycles. The Morgan fingerprint density at radius 2 is 2.50 bits per heavy atom. The third-order valence-electron chi connectivity index (χ3n) is 0.584. The predicted molar refractivity (Wildman–Crippen MR) is 27.7 cm³/mol. The maximum Gasteiger partial charge on any atom is 0.295 e. The zero-order chi connectivity index (χ0) is 6.57. The Hall–Kier alpha value is -1.06. The first kappa shape index (κ1) is 6.94. The van der Waals surface area contributed by atoms with Crippen LogP contribution in [0.15, 0.2) is 12.7 Å². The minimum atomic E-state index is -0.841. The maximum atomic E-state index is 9.50. The van der Waals surface area contributed by atoms with Crippen molar-refractivity contribution in [3.63, 3.8) is 0 Å². The van der Waals surface area contributed by atoms with Crippen molar-refractivity contribution in [1.29, 1.82) is 0 Å². The van der Waals surface area contributed by atoms with Crippen LogP contribution < -0.4 is 0 Å². The van der Waals surface area contributed by atoms with Crippen molar-refractivity contribution in [2.24, 2.45) is 0 Å². The van der Waals surface area contributed by atoms with Gasteiger partial charge in [0.2, 0.25) is 0 Å². The maximum absolute atomic E-state index is 9.50. The van der Waals surface area contributed by atoms with Gasteiger partial charge in [-0.15, -0.1) is 16.7 Å². The molecule has 0 fully saturated rings. The fraction of sp³-hybridized carbons (Fsp3) is 0.500. The van der Waals surface area contributed by atoms with Crippen LogP contribution in [0.2, 0.25) is 0 Å². The van der Waals surface area contributed by atoms with E-state index in [0.29, 0.717) is 0 Å². The molecule has 0 aromatic rings. The molecule has 0 aliphatic carbocycles. The lowest BCUT2D eigenvalue weighted by molar-refractivity contribution is -0.764. The van der Waals surface area contributed by atoms with Crippen molar-refractivity contribution >= 4 is 0 Å². The van der Waals surface area contributed by atoms with Gasteiger partial charge in [-0.1, -0.05) is 6.08 Å². The minimum Gasteiger partial charge on any atom is -0.307 e. The monoisotopic (exact) mass is 117 g/mol. The fourth-order valence-corrected chi connectivity index (χ4v) is 0.179. The largest absolute Gasteiger partial charge is 0.307 e. The lowest BCUT2D eigenvalue weighted by Gasteiger charge is -1.99. The van der Waals surface area contributed by atoms with Gasteiger partial charge in [-0.25, -0.2) is 0 Å². The van der Waals surface area contributed by atoms with Gasteiger partial charge < -0.3 is 4.84 Å². The number of rotatable bonds is 3. The van der Waals surface area contributed by atoms with Gasteiger partial charge in [0.05, 0.1) is 0 Å². The van der Waals surface area contributed by atoms with E-state index in [2.05, 4.69) is 11.4 Å². The van der Waals surface area contributed by atoms with Crippen LogP contribution in [0.25, 0.3) is 0 Å². The van der Waals surface area contributed by atoms with Crippen molar-refractivity contribution in [3.8, 4) is 0 Å². The normalized spacial score (nSPS) is 12.1. The average Bonchev–Trinajstić information content (AvgIpc) is 1.65. The third-order valence-corrected chi connectivity index (χ3v) is 0.584. The summed E-state index contributed by atoms with van der Waals surface area (Å²) in [6.07, 6.45) is 0.841. The van der Waals surface area contributed by atoms with E-state index < -0.39 is 11.2 Å². The van der Waals surface area contributed by atoms with Gasteiger partial charge >= 0.3 is 0 Å². The van der Waals surface area contributed by atoms with Crippen molar-refractivity contribution in [3.05, 3.63) is 22.8 Å². The van der Waals surface area contributed by atoms with Gasteiger partial charge in [0.1, 0.15) is 6.10 Å². The molecule has 1 atom stereocenters. The second-order valence-electron chi connectivity index (χ2n) is 1.27. The zero-order valence-electron chi connectivity index (χ0n) is 4.53. The van der Waals surface area contributed by atoms with Crippen LogP contribution in [0.1, 0.15) is 6.92 Å². The molecule has 8 heavy (non-hydrogen) atoms. The van der Waals surface area contributed by atoms with Crippen LogP contribution in [0.4, 0.5) is 0 Å². The molecule has 1 unspecified atom stereocenters. The second-order valence-corrected chi connectivity index (χ2v) is 1.27. The van der Waals surface area contributed by atoms with Crippen molar-refractivity contribution in [1.82, 2.24) is 0 Å². The van der Waals surface area contributed by atoms with E-state index in [9.17, 15) is 10.1 Å². The number of hydrogen-bond acceptors (Lipinski definition) is 3. The molecule has 0 radical (unpaired) electrons. The van der Waals surface area contributed by atoms with E-state index in [0.717, 1.165) is 0 Å². The zero-order valence-corrected chi connectivity index (χ0v) is 4.53. The summed E-state index contributed by atoms with van der Waals surface area (Å²) >= 11 is 0. The SMILES string of the molecule is C=CC(C)O[N+](=O)[O-]. The Labute approximate surface area is 46.9 Å². The Bertz CT molecular complexity index is 101. The van der Waals surface area contributed by atoms with E-state index in [1.54, 1.807) is 0 Å². The van der Waals surface area contributed by atoms with E-state index in [1.165, 1.54) is 13.0 Å². The highest BCUT2D eigenvalue weighted by Crippen LogP contribution is 1.88. The number of hydrogen-bond donors (Lipinski definition) is 0. The summed E-state index contributed by atoms with van der Waals surface area (Å²) in [6.45, 7) is 4.82. The standard InChI is InChI=1S/C4H7NO3/c1-3-4(2)8-5(6)7/h3-4H,1H2,2H3. The van der Waals surface area contributed by atoms with Crippen LogP contribution in [0, 0.1) is 10.1 Å². The molecule has 46 valence electrons. The molecule has 0 aliphatic heterocycles. The van der Waals surface area contributed by atoms with Gasteiger partial charge in [0.25, 0.3) is 5.09 Å². The Kier molecular flexibility index (Phi) is 2.61. The summed E-state index contributed by atoms with van der Waals surface area (Å²) in [5.41, 5.74) is 0. The van der Waals surface area contributed by atoms with Crippen molar-refractivity contribution in [2.75, 3.05) is 0 Å². The van der Waals surface area contributed by atoms with Crippen molar-refractivity contribution < 1.29 is 9.92 Å². The second kappa shape index (κ2) is 3.01. The summed E-state index contributed by atoms with van der Waals surface area (Å²) in [7, 11) is 0. The highest BCUT2D eigenvalue weighted by Gasteiger charge is 1.98. The van der Waals surface area contributed by atoms with Gasteiger partial charge in [-0.2, -0.15) is 0 Å². The first-order valence-electron chi connectivity index (χ1n) is 2.10. The van der Waals surface area contributed by atoms with Gasteiger partial charge in [-0.3, -0.25) is 0 Å². The molecule has 0 saturated heterocycles. The highest BCUT2D eigenvalue weighted by atomic mass is 17.0. The minimum absolute atomic E-state index is 0.509. The molecule has 0 heterocycles. The van der Waals surface area contributed by atoms with Crippen LogP contribution in [0.5, 0.6) is 0 Å². The Balaban J connectivity index is 3.38. The Morgan fingerprint density at radius 1 is 2.00 bits per heavy atom. The summed E-state index contributed by atoms with van der Waals surface area (Å²) in [4.78, 5) is 13.5. The summed E-state index contributed by atoms with van der Waals surface area (Å²) in [5, 5.41) is 8.66. The van der Waals surface area contributed by atoms with Crippen LogP contribution in [-0.2, 0) is 4.84 Å². The lowest BCUT2D eigenvalue weighted by atomic mass is 10.4. The average molecular weight is 117 g/mol. The van der Waals surface area contributed by atoms with E-state index in [1.807, 2.05) is 0 Å². The van der Waals surface area contributed by atoms with Crippen LogP contribution >= 0.6 is 0 Å². The molecule has 0 amide bonds. The van der Waals surface area contributed by atoms with Gasteiger partial charge in [-0.05, 0) is 6.92 Å². The lowest BCUT2D eigenvalue weighted by Crippen LogP contribution is -2.09. The van der Waals surface area contributed by atoms with Crippen LogP contribution in [0.3, 0.4) is 0 Å². The first-order valence-corrected chi connectivity index (χ1v) is 2.10. The molecule has 0 rings (SSSR count). The molecular weight excluding hydrogens is 110 g/mol. The van der Waals surface area contributed by atoms with E-state index >= 15 is 0 Å². The molecule has 0 saturated carbocycles. The molecular formula is C4H7NO3. The summed E-state index contributed by atoms with van der Waals surface area (Å²) in [5.74, 6) is 0. The molecule has 4 heteroatoms. The molecule has 0 bridgehead atoms. The third kappa shape index (κ3) is 3.14. The van der Waals surface area contributed by atoms with Crippen LogP contribution in [-0.4, -0.2) is 11.2 Å². The van der Waals surface area contributed by atoms with Gasteiger partial charge in [0, 0.05) is 0 Å². The van der Waals surface area contributed by atoms with E-state index in [-0.39, 0.29) is 0 Å². The quantitative estimate of drug-likeness (QED) is 0.311. The molecule has 4 nitrogen and oxygen atoms in total. The summed E-state index contributed by atoms with van der Waals surface area (Å²) in [6, 6.07) is 0. The first-order chi connectivity index (χ1) is 3.66. The molecule has 0 spiro atoms. The predicted octanol–water partition coefficient (Wildman–Crippen LogP) is 0.769. The van der Waals surface area contributed by atoms with Gasteiger partial charge in [0.15, 0.2) is 0 Å².